The van der Waals surface area contributed by atoms with E-state index in [1.54, 1.807) is 0 Å². The van der Waals surface area contributed by atoms with Crippen LogP contribution in [0, 0.1) is 12.8 Å². The normalized spacial score (nSPS) is 22.4. The summed E-state index contributed by atoms with van der Waals surface area (Å²) >= 11 is 3.48. The lowest BCUT2D eigenvalue weighted by Crippen LogP contribution is -2.38. The minimum Gasteiger partial charge on any atom is -0.339 e. The average molecular weight is 379 g/mol. The van der Waals surface area contributed by atoms with Crippen LogP contribution in [-0.4, -0.2) is 29.3 Å². The predicted octanol–water partition coefficient (Wildman–Crippen LogP) is 3.88. The Labute approximate surface area is 145 Å². The molecule has 0 spiro atoms. The lowest BCUT2D eigenvalue weighted by atomic mass is 9.94. The number of rotatable bonds is 3. The number of hydrogen-bond donors (Lipinski definition) is 1. The molecule has 1 aliphatic heterocycles. The van der Waals surface area contributed by atoms with Crippen LogP contribution < -0.4 is 5.32 Å². The Morgan fingerprint density at radius 2 is 2.00 bits per heavy atom. The summed E-state index contributed by atoms with van der Waals surface area (Å²) in [5.41, 5.74) is 1.90. The van der Waals surface area contributed by atoms with E-state index in [4.69, 9.17) is 0 Å². The zero-order chi connectivity index (χ0) is 16.4. The van der Waals surface area contributed by atoms with Crippen molar-refractivity contribution in [3.05, 3.63) is 28.2 Å². The van der Waals surface area contributed by atoms with Gasteiger partial charge in [-0.2, -0.15) is 0 Å². The van der Waals surface area contributed by atoms with Gasteiger partial charge in [0.15, 0.2) is 0 Å². The number of aryl methyl sites for hydroxylation is 1. The Kier molecular flexibility index (Phi) is 5.05. The summed E-state index contributed by atoms with van der Waals surface area (Å²) in [6, 6.07) is 6.19. The summed E-state index contributed by atoms with van der Waals surface area (Å²) in [7, 11) is 0. The molecule has 1 saturated heterocycles. The predicted molar refractivity (Wildman–Crippen MR) is 94.2 cm³/mol. The summed E-state index contributed by atoms with van der Waals surface area (Å²) in [4.78, 5) is 26.8. The van der Waals surface area contributed by atoms with E-state index < -0.39 is 0 Å². The van der Waals surface area contributed by atoms with Crippen LogP contribution in [0.5, 0.6) is 0 Å². The van der Waals surface area contributed by atoms with Crippen LogP contribution >= 0.6 is 15.9 Å². The van der Waals surface area contributed by atoms with Gasteiger partial charge in [0.05, 0.1) is 11.6 Å². The first-order chi connectivity index (χ1) is 11.0. The molecule has 124 valence electrons. The van der Waals surface area contributed by atoms with Crippen molar-refractivity contribution < 1.29 is 9.59 Å². The van der Waals surface area contributed by atoms with Gasteiger partial charge < -0.3 is 10.2 Å². The zero-order valence-electron chi connectivity index (χ0n) is 13.5. The van der Waals surface area contributed by atoms with Gasteiger partial charge in [-0.1, -0.05) is 25.3 Å². The summed E-state index contributed by atoms with van der Waals surface area (Å²) in [6.45, 7) is 2.58. The third-order valence-corrected chi connectivity index (χ3v) is 5.58. The molecule has 0 bridgehead atoms. The van der Waals surface area contributed by atoms with Crippen LogP contribution in [0.1, 0.15) is 44.1 Å². The molecule has 1 unspecified atom stereocenters. The van der Waals surface area contributed by atoms with E-state index in [2.05, 4.69) is 21.2 Å². The van der Waals surface area contributed by atoms with Crippen LogP contribution in [0.4, 0.5) is 5.69 Å². The van der Waals surface area contributed by atoms with Crippen molar-refractivity contribution in [1.82, 2.24) is 4.90 Å². The number of carbonyl (C=O) groups is 2. The van der Waals surface area contributed by atoms with E-state index in [0.29, 0.717) is 19.0 Å². The number of carbonyl (C=O) groups excluding carboxylic acids is 2. The van der Waals surface area contributed by atoms with E-state index in [1.807, 2.05) is 30.0 Å². The van der Waals surface area contributed by atoms with Crippen LogP contribution in [0.25, 0.3) is 0 Å². The van der Waals surface area contributed by atoms with Gasteiger partial charge in [0.25, 0.3) is 0 Å². The number of halogens is 1. The van der Waals surface area contributed by atoms with Crippen LogP contribution in [0.2, 0.25) is 0 Å². The Bertz CT molecular complexity index is 611. The Morgan fingerprint density at radius 3 is 2.70 bits per heavy atom. The molecule has 1 N–H and O–H groups in total. The van der Waals surface area contributed by atoms with Crippen molar-refractivity contribution in [1.29, 1.82) is 0 Å². The maximum Gasteiger partial charge on any atom is 0.229 e. The maximum atomic E-state index is 12.5. The highest BCUT2D eigenvalue weighted by Gasteiger charge is 2.38. The standard InChI is InChI=1S/C18H23BrN2O2/c1-12-7-8-16(15(19)9-12)20-18(23)13-10-17(22)21(11-13)14-5-3-2-4-6-14/h7-9,13-14H,2-6,10-11H2,1H3,(H,20,23). The molecule has 2 aliphatic rings. The van der Waals surface area contributed by atoms with Gasteiger partial charge in [0.2, 0.25) is 11.8 Å². The van der Waals surface area contributed by atoms with Gasteiger partial charge in [-0.3, -0.25) is 9.59 Å². The first-order valence-corrected chi connectivity index (χ1v) is 9.20. The van der Waals surface area contributed by atoms with Crippen molar-refractivity contribution in [2.24, 2.45) is 5.92 Å². The van der Waals surface area contributed by atoms with E-state index in [0.717, 1.165) is 28.6 Å². The monoisotopic (exact) mass is 378 g/mol. The van der Waals surface area contributed by atoms with Gasteiger partial charge in [-0.15, -0.1) is 0 Å². The third-order valence-electron chi connectivity index (χ3n) is 4.93. The number of nitrogens with zero attached hydrogens (tertiary/aromatic N) is 1. The summed E-state index contributed by atoms with van der Waals surface area (Å²) in [6.07, 6.45) is 6.17. The first kappa shape index (κ1) is 16.5. The number of amides is 2. The van der Waals surface area contributed by atoms with Crippen LogP contribution in [0.3, 0.4) is 0 Å². The first-order valence-electron chi connectivity index (χ1n) is 8.41. The fourth-order valence-corrected chi connectivity index (χ4v) is 4.20. The highest BCUT2D eigenvalue weighted by Crippen LogP contribution is 2.30. The zero-order valence-corrected chi connectivity index (χ0v) is 15.1. The van der Waals surface area contributed by atoms with E-state index in [-0.39, 0.29) is 17.7 Å². The minimum absolute atomic E-state index is 0.0544. The average Bonchev–Trinajstić information content (AvgIpc) is 2.93. The number of hydrogen-bond acceptors (Lipinski definition) is 2. The second-order valence-corrected chi connectivity index (χ2v) is 7.57. The van der Waals surface area contributed by atoms with Gasteiger partial charge in [0, 0.05) is 23.5 Å². The molecule has 3 rings (SSSR count). The number of likely N-dealkylation sites (tertiary alicyclic amines) is 1. The molecule has 1 aromatic rings. The highest BCUT2D eigenvalue weighted by atomic mass is 79.9. The Balaban J connectivity index is 1.63. The molecule has 0 radical (unpaired) electrons. The summed E-state index contributed by atoms with van der Waals surface area (Å²) < 4.78 is 0.874. The van der Waals surface area contributed by atoms with Gasteiger partial charge >= 0.3 is 0 Å². The van der Waals surface area contributed by atoms with Crippen LogP contribution in [0.15, 0.2) is 22.7 Å². The summed E-state index contributed by atoms with van der Waals surface area (Å²) in [5.74, 6) is -0.154. The fourth-order valence-electron chi connectivity index (χ4n) is 3.61. The topological polar surface area (TPSA) is 49.4 Å². The molecule has 1 atom stereocenters. The second kappa shape index (κ2) is 7.04. The number of benzene rings is 1. The van der Waals surface area contributed by atoms with Crippen molar-refractivity contribution in [2.75, 3.05) is 11.9 Å². The molecule has 5 heteroatoms. The van der Waals surface area contributed by atoms with Crippen LogP contribution in [-0.2, 0) is 9.59 Å². The molecular formula is C18H23BrN2O2. The van der Waals surface area contributed by atoms with Gasteiger partial charge in [0.1, 0.15) is 0 Å². The van der Waals surface area contributed by atoms with Crippen molar-refractivity contribution >= 4 is 33.4 Å². The molecule has 1 aliphatic carbocycles. The van der Waals surface area contributed by atoms with Crippen molar-refractivity contribution in [3.8, 4) is 0 Å². The van der Waals surface area contributed by atoms with Crippen molar-refractivity contribution in [2.45, 2.75) is 51.5 Å². The molecule has 2 amide bonds. The molecule has 0 aromatic heterocycles. The Hall–Kier alpha value is -1.36. The smallest absolute Gasteiger partial charge is 0.229 e. The van der Waals surface area contributed by atoms with E-state index in [1.165, 1.54) is 19.3 Å². The number of nitrogens with one attached hydrogen (secondary N) is 1. The Morgan fingerprint density at radius 1 is 1.26 bits per heavy atom. The molecule has 23 heavy (non-hydrogen) atoms. The molecule has 1 aromatic carbocycles. The lowest BCUT2D eigenvalue weighted by molar-refractivity contribution is -0.130. The van der Waals surface area contributed by atoms with Crippen molar-refractivity contribution in [3.63, 3.8) is 0 Å². The largest absolute Gasteiger partial charge is 0.339 e. The fraction of sp³-hybridized carbons (Fsp3) is 0.556. The van der Waals surface area contributed by atoms with Gasteiger partial charge in [-0.05, 0) is 53.4 Å². The minimum atomic E-state index is -0.238. The SMILES string of the molecule is Cc1ccc(NC(=O)C2CC(=O)N(C3CCCCC3)C2)c(Br)c1. The third kappa shape index (κ3) is 3.77. The molecule has 2 fully saturated rings. The highest BCUT2D eigenvalue weighted by molar-refractivity contribution is 9.10. The van der Waals surface area contributed by atoms with E-state index >= 15 is 0 Å². The maximum absolute atomic E-state index is 12.5. The van der Waals surface area contributed by atoms with E-state index in [9.17, 15) is 9.59 Å². The molecule has 4 nitrogen and oxygen atoms in total. The number of anilines is 1. The molecular weight excluding hydrogens is 356 g/mol. The quantitative estimate of drug-likeness (QED) is 0.867. The lowest BCUT2D eigenvalue weighted by Gasteiger charge is -2.31. The molecule has 1 heterocycles. The molecule has 1 saturated carbocycles. The van der Waals surface area contributed by atoms with Gasteiger partial charge in [-0.25, -0.2) is 0 Å². The second-order valence-electron chi connectivity index (χ2n) is 6.71. The summed E-state index contributed by atoms with van der Waals surface area (Å²) in [5, 5.41) is 2.96.